The molecule has 1 saturated carbocycles. The van der Waals surface area contributed by atoms with E-state index in [-0.39, 0.29) is 0 Å². The summed E-state index contributed by atoms with van der Waals surface area (Å²) in [6.07, 6.45) is 4.23. The van der Waals surface area contributed by atoms with Gasteiger partial charge in [0.25, 0.3) is 0 Å². The average Bonchev–Trinajstić information content (AvgIpc) is 3.82. The smallest absolute Gasteiger partial charge is 0.247 e. The predicted octanol–water partition coefficient (Wildman–Crippen LogP) is 4.15. The van der Waals surface area contributed by atoms with E-state index in [0.717, 1.165) is 55.1 Å². The number of nitrogens with one attached hydrogen (secondary N) is 1. The number of ether oxygens (including phenoxy) is 2. The lowest BCUT2D eigenvalue weighted by molar-refractivity contribution is -0.133. The van der Waals surface area contributed by atoms with Crippen molar-refractivity contribution < 1.29 is 23.5 Å². The van der Waals surface area contributed by atoms with Gasteiger partial charge in [-0.3, -0.25) is 24.4 Å². The van der Waals surface area contributed by atoms with Crippen molar-refractivity contribution in [1.29, 1.82) is 0 Å². The Hall–Kier alpha value is -4.61. The molecule has 6 rings (SSSR count). The van der Waals surface area contributed by atoms with Crippen LogP contribution in [0.1, 0.15) is 12.8 Å². The number of anilines is 4. The molecule has 4 aromatic rings. The van der Waals surface area contributed by atoms with E-state index in [1.165, 1.54) is 29.2 Å². The summed E-state index contributed by atoms with van der Waals surface area (Å²) in [5, 5.41) is 4.21. The van der Waals surface area contributed by atoms with Crippen LogP contribution >= 0.6 is 0 Å². The Kier molecular flexibility index (Phi) is 7.68. The molecule has 0 bridgehead atoms. The number of fused-ring (bicyclic) bond motifs is 1. The normalized spacial score (nSPS) is 16.1. The second kappa shape index (κ2) is 11.7. The molecular formula is C31H31FN6O4. The highest BCUT2D eigenvalue weighted by atomic mass is 19.1. The molecule has 2 aliphatic rings. The zero-order valence-electron chi connectivity index (χ0n) is 23.0. The number of nitrogens with two attached hydrogens (primary N) is 1. The number of halogens is 1. The molecular weight excluding hydrogens is 539 g/mol. The van der Waals surface area contributed by atoms with Crippen LogP contribution in [-0.2, 0) is 14.3 Å². The van der Waals surface area contributed by atoms with Gasteiger partial charge in [-0.05, 0) is 67.4 Å². The number of hydrogen-bond donors (Lipinski definition) is 2. The molecule has 0 spiro atoms. The minimum Gasteiger partial charge on any atom is -0.476 e. The lowest BCUT2D eigenvalue weighted by Gasteiger charge is -2.26. The van der Waals surface area contributed by atoms with Gasteiger partial charge in [-0.2, -0.15) is 0 Å². The van der Waals surface area contributed by atoms with E-state index in [9.17, 15) is 14.0 Å². The van der Waals surface area contributed by atoms with E-state index >= 15 is 0 Å². The molecule has 2 aromatic heterocycles. The van der Waals surface area contributed by atoms with Crippen LogP contribution in [0.25, 0.3) is 10.9 Å². The van der Waals surface area contributed by atoms with Gasteiger partial charge >= 0.3 is 0 Å². The molecule has 1 aliphatic heterocycles. The third-order valence-electron chi connectivity index (χ3n) is 7.69. The fraction of sp³-hybridized carbons (Fsp3) is 0.290. The maximum Gasteiger partial charge on any atom is 0.247 e. The number of carbonyl (C=O) groups is 2. The van der Waals surface area contributed by atoms with Crippen LogP contribution in [0.3, 0.4) is 0 Å². The van der Waals surface area contributed by atoms with Crippen molar-refractivity contribution in [3.05, 3.63) is 78.9 Å². The van der Waals surface area contributed by atoms with Crippen LogP contribution < -0.4 is 20.7 Å². The van der Waals surface area contributed by atoms with Crippen LogP contribution in [0.5, 0.6) is 5.88 Å². The zero-order valence-corrected chi connectivity index (χ0v) is 23.0. The SMILES string of the molecule is NC(=O)C1(C(=O)N(c2ccc(F)cc2)c2ccc(Nc3ccnc4cc(OCCN5CCOCC5)ncc34)cc2)CC1. The molecule has 1 aliphatic carbocycles. The first-order chi connectivity index (χ1) is 20.4. The van der Waals surface area contributed by atoms with Crippen LogP contribution in [0, 0.1) is 11.2 Å². The predicted molar refractivity (Wildman–Crippen MR) is 156 cm³/mol. The van der Waals surface area contributed by atoms with Gasteiger partial charge in [0.2, 0.25) is 17.7 Å². The lowest BCUT2D eigenvalue weighted by Crippen LogP contribution is -2.41. The fourth-order valence-corrected chi connectivity index (χ4v) is 5.04. The molecule has 3 heterocycles. The Morgan fingerprint density at radius 2 is 1.71 bits per heavy atom. The van der Waals surface area contributed by atoms with E-state index in [1.807, 2.05) is 24.3 Å². The highest BCUT2D eigenvalue weighted by Crippen LogP contribution is 2.49. The number of primary amides is 1. The summed E-state index contributed by atoms with van der Waals surface area (Å²) in [5.41, 5.74) is 7.64. The lowest BCUT2D eigenvalue weighted by atomic mass is 10.0. The maximum atomic E-state index is 13.6. The molecule has 0 unspecified atom stereocenters. The standard InChI is InChI=1S/C31H31FN6O4/c32-21-1-5-23(6-2-21)38(30(40)31(10-11-31)29(33)39)24-7-3-22(4-8-24)36-26-9-12-34-27-19-28(35-20-25(26)27)42-18-15-37-13-16-41-17-14-37/h1-9,12,19-20H,10-11,13-18H2,(H2,33,39)(H,34,36). The number of hydrogen-bond acceptors (Lipinski definition) is 8. The maximum absolute atomic E-state index is 13.6. The minimum atomic E-state index is -1.24. The van der Waals surface area contributed by atoms with Gasteiger partial charge < -0.3 is 20.5 Å². The van der Waals surface area contributed by atoms with Gasteiger partial charge in [-0.1, -0.05) is 0 Å². The molecule has 1 saturated heterocycles. The molecule has 42 heavy (non-hydrogen) atoms. The van der Waals surface area contributed by atoms with E-state index in [0.29, 0.717) is 36.7 Å². The molecule has 2 fully saturated rings. The molecule has 216 valence electrons. The average molecular weight is 571 g/mol. The Morgan fingerprint density at radius 3 is 2.38 bits per heavy atom. The van der Waals surface area contributed by atoms with Gasteiger partial charge in [0.15, 0.2) is 0 Å². The third kappa shape index (κ3) is 5.74. The van der Waals surface area contributed by atoms with E-state index in [4.69, 9.17) is 15.2 Å². The summed E-state index contributed by atoms with van der Waals surface area (Å²) >= 11 is 0. The molecule has 0 radical (unpaired) electrons. The summed E-state index contributed by atoms with van der Waals surface area (Å²) in [6, 6.07) is 16.4. The Bertz CT molecular complexity index is 1590. The van der Waals surface area contributed by atoms with Gasteiger partial charge in [0.05, 0.1) is 24.4 Å². The molecule has 0 atom stereocenters. The summed E-state index contributed by atoms with van der Waals surface area (Å²) in [7, 11) is 0. The van der Waals surface area contributed by atoms with Crippen LogP contribution in [-0.4, -0.2) is 66.1 Å². The quantitative estimate of drug-likeness (QED) is 0.273. The number of carbonyl (C=O) groups excluding carboxylic acids is 2. The van der Waals surface area contributed by atoms with Crippen molar-refractivity contribution in [2.75, 3.05) is 49.7 Å². The molecule has 10 nitrogen and oxygen atoms in total. The first-order valence-electron chi connectivity index (χ1n) is 13.9. The van der Waals surface area contributed by atoms with Gasteiger partial charge in [-0.25, -0.2) is 9.37 Å². The summed E-state index contributed by atoms with van der Waals surface area (Å²) in [6.45, 7) is 4.64. The number of aromatic nitrogens is 2. The minimum absolute atomic E-state index is 0.391. The van der Waals surface area contributed by atoms with E-state index < -0.39 is 23.0 Å². The van der Waals surface area contributed by atoms with Crippen molar-refractivity contribution in [3.8, 4) is 5.88 Å². The van der Waals surface area contributed by atoms with Crippen molar-refractivity contribution in [2.45, 2.75) is 12.8 Å². The van der Waals surface area contributed by atoms with Crippen molar-refractivity contribution in [3.63, 3.8) is 0 Å². The van der Waals surface area contributed by atoms with Crippen LogP contribution in [0.15, 0.2) is 73.1 Å². The summed E-state index contributed by atoms with van der Waals surface area (Å²) < 4.78 is 24.9. The second-order valence-electron chi connectivity index (χ2n) is 10.4. The second-order valence-corrected chi connectivity index (χ2v) is 10.4. The monoisotopic (exact) mass is 570 g/mol. The number of amides is 2. The Morgan fingerprint density at radius 1 is 1.02 bits per heavy atom. The number of nitrogens with zero attached hydrogens (tertiary/aromatic N) is 4. The zero-order chi connectivity index (χ0) is 29.1. The topological polar surface area (TPSA) is 123 Å². The molecule has 11 heteroatoms. The van der Waals surface area contributed by atoms with Crippen molar-refractivity contribution in [1.82, 2.24) is 14.9 Å². The Balaban J connectivity index is 1.18. The molecule has 2 amide bonds. The molecule has 2 aromatic carbocycles. The van der Waals surface area contributed by atoms with E-state index in [1.54, 1.807) is 24.5 Å². The van der Waals surface area contributed by atoms with Crippen LogP contribution in [0.2, 0.25) is 0 Å². The summed E-state index contributed by atoms with van der Waals surface area (Å²) in [4.78, 5) is 38.4. The number of rotatable bonds is 10. The van der Waals surface area contributed by atoms with E-state index in [2.05, 4.69) is 20.2 Å². The summed E-state index contributed by atoms with van der Waals surface area (Å²) in [5.74, 6) is -0.981. The number of benzene rings is 2. The highest BCUT2D eigenvalue weighted by molar-refractivity contribution is 6.16. The highest BCUT2D eigenvalue weighted by Gasteiger charge is 2.57. The first kappa shape index (κ1) is 27.6. The van der Waals surface area contributed by atoms with Crippen molar-refractivity contribution in [2.24, 2.45) is 11.1 Å². The Labute approximate surface area is 242 Å². The number of morpholine rings is 1. The largest absolute Gasteiger partial charge is 0.476 e. The van der Waals surface area contributed by atoms with Gasteiger partial charge in [-0.15, -0.1) is 0 Å². The van der Waals surface area contributed by atoms with Crippen LogP contribution in [0.4, 0.5) is 27.1 Å². The number of pyridine rings is 2. The fourth-order valence-electron chi connectivity index (χ4n) is 5.04. The van der Waals surface area contributed by atoms with Gasteiger partial charge in [0.1, 0.15) is 17.8 Å². The first-order valence-corrected chi connectivity index (χ1v) is 13.9. The third-order valence-corrected chi connectivity index (χ3v) is 7.69. The molecule has 3 N–H and O–H groups in total. The van der Waals surface area contributed by atoms with Crippen molar-refractivity contribution >= 4 is 45.5 Å². The van der Waals surface area contributed by atoms with Gasteiger partial charge in [0, 0.05) is 60.5 Å².